The van der Waals surface area contributed by atoms with Gasteiger partial charge in [0.15, 0.2) is 0 Å². The number of halogens is 1. The molecule has 0 radical (unpaired) electrons. The van der Waals surface area contributed by atoms with Crippen LogP contribution in [0, 0.1) is 0 Å². The van der Waals surface area contributed by atoms with E-state index >= 15 is 0 Å². The fourth-order valence-corrected chi connectivity index (χ4v) is 4.85. The van der Waals surface area contributed by atoms with Gasteiger partial charge in [-0.2, -0.15) is 4.31 Å². The summed E-state index contributed by atoms with van der Waals surface area (Å²) < 4.78 is 26.8. The van der Waals surface area contributed by atoms with E-state index in [2.05, 4.69) is 4.90 Å². The van der Waals surface area contributed by atoms with Crippen molar-refractivity contribution in [3.05, 3.63) is 59.6 Å². The Morgan fingerprint density at radius 3 is 2.32 bits per heavy atom. The van der Waals surface area contributed by atoms with Gasteiger partial charge in [-0.1, -0.05) is 42.8 Å². The molecule has 0 spiro atoms. The summed E-state index contributed by atoms with van der Waals surface area (Å²) >= 11 is 6.06. The molecule has 1 saturated heterocycles. The lowest BCUT2D eigenvalue weighted by atomic mass is 10.2. The maximum atomic E-state index is 12.8. The topological polar surface area (TPSA) is 60.9 Å². The van der Waals surface area contributed by atoms with E-state index in [9.17, 15) is 13.2 Å². The largest absolute Gasteiger partial charge is 0.368 e. The fraction of sp³-hybridized carbons (Fsp3) is 0.350. The van der Waals surface area contributed by atoms with Gasteiger partial charge >= 0.3 is 0 Å². The third kappa shape index (κ3) is 4.66. The second-order valence-corrected chi connectivity index (χ2v) is 8.97. The zero-order chi connectivity index (χ0) is 20.1. The summed E-state index contributed by atoms with van der Waals surface area (Å²) in [6, 6.07) is 15.9. The van der Waals surface area contributed by atoms with Crippen molar-refractivity contribution in [1.29, 1.82) is 0 Å². The number of piperazine rings is 1. The zero-order valence-electron chi connectivity index (χ0n) is 15.8. The number of carbonyl (C=O) groups is 1. The molecule has 0 bridgehead atoms. The van der Waals surface area contributed by atoms with E-state index in [-0.39, 0.29) is 23.9 Å². The highest BCUT2D eigenvalue weighted by molar-refractivity contribution is 7.89. The Balaban J connectivity index is 1.62. The van der Waals surface area contributed by atoms with E-state index in [4.69, 9.17) is 11.6 Å². The molecule has 8 heteroatoms. The van der Waals surface area contributed by atoms with Crippen LogP contribution in [0.1, 0.15) is 6.92 Å². The van der Waals surface area contributed by atoms with Gasteiger partial charge in [0.2, 0.25) is 15.9 Å². The minimum Gasteiger partial charge on any atom is -0.368 e. The van der Waals surface area contributed by atoms with Crippen LogP contribution in [0.3, 0.4) is 0 Å². The van der Waals surface area contributed by atoms with Crippen molar-refractivity contribution in [2.75, 3.05) is 44.2 Å². The van der Waals surface area contributed by atoms with Crippen LogP contribution < -0.4 is 4.90 Å². The average Bonchev–Trinajstić information content (AvgIpc) is 2.72. The van der Waals surface area contributed by atoms with E-state index in [0.29, 0.717) is 31.2 Å². The van der Waals surface area contributed by atoms with Crippen molar-refractivity contribution in [2.45, 2.75) is 11.8 Å². The number of amides is 1. The fourth-order valence-electron chi connectivity index (χ4n) is 3.25. The summed E-state index contributed by atoms with van der Waals surface area (Å²) in [6.45, 7) is 4.30. The number of likely N-dealkylation sites (N-methyl/N-ethyl adjacent to an activating group) is 1. The van der Waals surface area contributed by atoms with Crippen molar-refractivity contribution < 1.29 is 13.2 Å². The molecular weight excluding hydrogens is 398 g/mol. The molecule has 1 amide bonds. The highest BCUT2D eigenvalue weighted by Crippen LogP contribution is 2.21. The molecule has 2 aromatic rings. The molecule has 0 aromatic heterocycles. The van der Waals surface area contributed by atoms with Gasteiger partial charge in [-0.15, -0.1) is 0 Å². The van der Waals surface area contributed by atoms with Crippen LogP contribution in [0.2, 0.25) is 5.02 Å². The molecule has 0 aliphatic carbocycles. The quantitative estimate of drug-likeness (QED) is 0.719. The highest BCUT2D eigenvalue weighted by Gasteiger charge is 2.28. The minimum atomic E-state index is -3.68. The summed E-state index contributed by atoms with van der Waals surface area (Å²) in [4.78, 5) is 16.8. The molecule has 0 saturated carbocycles. The number of anilines is 1. The number of benzene rings is 2. The molecule has 1 fully saturated rings. The SMILES string of the molecule is CCN(CC(=O)N1CCN(c2cccc(Cl)c2)CC1)S(=O)(=O)c1ccccc1. The van der Waals surface area contributed by atoms with Gasteiger partial charge in [-0.25, -0.2) is 8.42 Å². The molecule has 0 unspecified atom stereocenters. The Hall–Kier alpha value is -2.09. The molecule has 150 valence electrons. The third-order valence-corrected chi connectivity index (χ3v) is 7.02. The first-order chi connectivity index (χ1) is 13.4. The van der Waals surface area contributed by atoms with Crippen molar-refractivity contribution in [1.82, 2.24) is 9.21 Å². The van der Waals surface area contributed by atoms with Crippen LogP contribution in [0.25, 0.3) is 0 Å². The van der Waals surface area contributed by atoms with Gasteiger partial charge in [0.1, 0.15) is 0 Å². The van der Waals surface area contributed by atoms with Crippen LogP contribution in [0.4, 0.5) is 5.69 Å². The van der Waals surface area contributed by atoms with Gasteiger partial charge in [0.25, 0.3) is 0 Å². The van der Waals surface area contributed by atoms with E-state index in [1.54, 1.807) is 42.2 Å². The second kappa shape index (κ2) is 8.94. The Morgan fingerprint density at radius 2 is 1.71 bits per heavy atom. The monoisotopic (exact) mass is 421 g/mol. The first-order valence-electron chi connectivity index (χ1n) is 9.25. The van der Waals surface area contributed by atoms with Crippen LogP contribution in [0.5, 0.6) is 0 Å². The van der Waals surface area contributed by atoms with Gasteiger partial charge < -0.3 is 9.80 Å². The maximum absolute atomic E-state index is 12.8. The molecule has 1 aliphatic rings. The summed E-state index contributed by atoms with van der Waals surface area (Å²) in [7, 11) is -3.68. The molecule has 1 heterocycles. The molecule has 28 heavy (non-hydrogen) atoms. The van der Waals surface area contributed by atoms with Gasteiger partial charge in [-0.05, 0) is 30.3 Å². The number of rotatable bonds is 6. The third-order valence-electron chi connectivity index (χ3n) is 4.85. The van der Waals surface area contributed by atoms with Crippen molar-refractivity contribution >= 4 is 33.2 Å². The Labute approximate surface area is 171 Å². The van der Waals surface area contributed by atoms with E-state index in [1.165, 1.54) is 4.31 Å². The van der Waals surface area contributed by atoms with Crippen LogP contribution in [-0.4, -0.2) is 62.8 Å². The number of nitrogens with zero attached hydrogens (tertiary/aromatic N) is 3. The number of carbonyl (C=O) groups excluding carboxylic acids is 1. The molecule has 1 aliphatic heterocycles. The van der Waals surface area contributed by atoms with Crippen molar-refractivity contribution in [2.24, 2.45) is 0 Å². The lowest BCUT2D eigenvalue weighted by molar-refractivity contribution is -0.131. The van der Waals surface area contributed by atoms with Gasteiger partial charge in [0.05, 0.1) is 11.4 Å². The number of sulfonamides is 1. The highest BCUT2D eigenvalue weighted by atomic mass is 35.5. The van der Waals surface area contributed by atoms with Crippen molar-refractivity contribution in [3.63, 3.8) is 0 Å². The molecular formula is C20H24ClN3O3S. The summed E-state index contributed by atoms with van der Waals surface area (Å²) in [6.07, 6.45) is 0. The Bertz CT molecular complexity index is 913. The predicted octanol–water partition coefficient (Wildman–Crippen LogP) is 2.70. The van der Waals surface area contributed by atoms with E-state index in [1.807, 2.05) is 24.3 Å². The van der Waals surface area contributed by atoms with Crippen molar-refractivity contribution in [3.8, 4) is 0 Å². The van der Waals surface area contributed by atoms with Crippen LogP contribution in [-0.2, 0) is 14.8 Å². The molecule has 3 rings (SSSR count). The Morgan fingerprint density at radius 1 is 1.04 bits per heavy atom. The standard InChI is InChI=1S/C20H24ClN3O3S/c1-2-24(28(26,27)19-9-4-3-5-10-19)16-20(25)23-13-11-22(12-14-23)18-8-6-7-17(21)15-18/h3-10,15H,2,11-14,16H2,1H3. The summed E-state index contributed by atoms with van der Waals surface area (Å²) in [5, 5.41) is 0.681. The minimum absolute atomic E-state index is 0.148. The first-order valence-corrected chi connectivity index (χ1v) is 11.1. The average molecular weight is 422 g/mol. The normalized spacial score (nSPS) is 15.1. The van der Waals surface area contributed by atoms with Crippen LogP contribution >= 0.6 is 11.6 Å². The molecule has 6 nitrogen and oxygen atoms in total. The van der Waals surface area contributed by atoms with Gasteiger partial charge in [-0.3, -0.25) is 4.79 Å². The molecule has 0 atom stereocenters. The number of hydrogen-bond donors (Lipinski definition) is 0. The molecule has 0 N–H and O–H groups in total. The van der Waals surface area contributed by atoms with Crippen LogP contribution in [0.15, 0.2) is 59.5 Å². The summed E-state index contributed by atoms with van der Waals surface area (Å²) in [5.74, 6) is -0.174. The molecule has 2 aromatic carbocycles. The van der Waals surface area contributed by atoms with E-state index in [0.717, 1.165) is 5.69 Å². The second-order valence-electron chi connectivity index (χ2n) is 6.59. The predicted molar refractivity (Wildman–Crippen MR) is 111 cm³/mol. The van der Waals surface area contributed by atoms with Gasteiger partial charge in [0, 0.05) is 43.4 Å². The summed E-state index contributed by atoms with van der Waals surface area (Å²) in [5.41, 5.74) is 1.03. The zero-order valence-corrected chi connectivity index (χ0v) is 17.4. The number of hydrogen-bond acceptors (Lipinski definition) is 4. The Kier molecular flexibility index (Phi) is 6.59. The van der Waals surface area contributed by atoms with E-state index < -0.39 is 10.0 Å². The lowest BCUT2D eigenvalue weighted by Gasteiger charge is -2.37. The lowest BCUT2D eigenvalue weighted by Crippen LogP contribution is -2.51. The maximum Gasteiger partial charge on any atom is 0.243 e. The smallest absolute Gasteiger partial charge is 0.243 e. The first kappa shape index (κ1) is 20.6.